The van der Waals surface area contributed by atoms with Crippen LogP contribution in [0.2, 0.25) is 0 Å². The molecule has 0 radical (unpaired) electrons. The quantitative estimate of drug-likeness (QED) is 0.846. The maximum atomic E-state index is 12.3. The van der Waals surface area contributed by atoms with Gasteiger partial charge < -0.3 is 15.2 Å². The number of carbonyl (C=O) groups excluding carboxylic acids is 1. The van der Waals surface area contributed by atoms with Gasteiger partial charge in [0.25, 0.3) is 0 Å². The average Bonchev–Trinajstić information content (AvgIpc) is 2.54. The van der Waals surface area contributed by atoms with Gasteiger partial charge in [0.15, 0.2) is 0 Å². The second kappa shape index (κ2) is 7.21. The molecule has 2 rings (SSSR count). The van der Waals surface area contributed by atoms with E-state index in [1.165, 1.54) is 14.2 Å². The third kappa shape index (κ3) is 4.04. The number of hydrogen-bond acceptors (Lipinski definition) is 6. The predicted octanol–water partition coefficient (Wildman–Crippen LogP) is 1.20. The number of nitrogens with one attached hydrogen (secondary N) is 1. The Hall–Kier alpha value is -1.89. The number of ether oxygens (including phenoxy) is 2. The Labute approximate surface area is 124 Å². The number of nitrogens with zero attached hydrogens (tertiary/aromatic N) is 2. The number of aromatic nitrogens is 2. The third-order valence-corrected chi connectivity index (χ3v) is 3.88. The summed E-state index contributed by atoms with van der Waals surface area (Å²) in [5, 5.41) is 2.74. The highest BCUT2D eigenvalue weighted by molar-refractivity contribution is 5.91. The van der Waals surface area contributed by atoms with E-state index >= 15 is 0 Å². The van der Waals surface area contributed by atoms with Gasteiger partial charge in [0.05, 0.1) is 20.3 Å². The maximum Gasteiger partial charge on any atom is 0.236 e. The van der Waals surface area contributed by atoms with Gasteiger partial charge in [0.1, 0.15) is 0 Å². The van der Waals surface area contributed by atoms with Crippen molar-refractivity contribution in [3.63, 3.8) is 0 Å². The lowest BCUT2D eigenvalue weighted by atomic mass is 9.81. The van der Waals surface area contributed by atoms with Crippen LogP contribution in [0, 0.1) is 11.8 Å². The van der Waals surface area contributed by atoms with E-state index in [0.717, 1.165) is 25.7 Å². The van der Waals surface area contributed by atoms with Crippen molar-refractivity contribution in [2.75, 3.05) is 26.1 Å². The summed E-state index contributed by atoms with van der Waals surface area (Å²) < 4.78 is 10.1. The standard InChI is InChI=1S/C14H22N4O3/c1-20-11-7-12(21-2)17-14(16-11)18-13(19)10-5-3-9(8-15)4-6-10/h7,9-10H,3-6,8,15H2,1-2H3,(H,16,17,18,19). The highest BCUT2D eigenvalue weighted by Crippen LogP contribution is 2.29. The number of carbonyl (C=O) groups is 1. The Morgan fingerprint density at radius 2 is 1.81 bits per heavy atom. The molecule has 7 heteroatoms. The fourth-order valence-electron chi connectivity index (χ4n) is 2.54. The van der Waals surface area contributed by atoms with Gasteiger partial charge in [-0.05, 0) is 38.1 Å². The summed E-state index contributed by atoms with van der Waals surface area (Å²) in [6.45, 7) is 0.699. The minimum absolute atomic E-state index is 0.00593. The first-order valence-electron chi connectivity index (χ1n) is 7.14. The van der Waals surface area contributed by atoms with Crippen LogP contribution in [0.3, 0.4) is 0 Å². The van der Waals surface area contributed by atoms with E-state index in [4.69, 9.17) is 15.2 Å². The van der Waals surface area contributed by atoms with Crippen LogP contribution in [0.1, 0.15) is 25.7 Å². The zero-order valence-electron chi connectivity index (χ0n) is 12.5. The Bertz CT molecular complexity index is 465. The largest absolute Gasteiger partial charge is 0.481 e. The highest BCUT2D eigenvalue weighted by Gasteiger charge is 2.26. The molecule has 1 aromatic rings. The summed E-state index contributed by atoms with van der Waals surface area (Å²) in [6.07, 6.45) is 3.71. The van der Waals surface area contributed by atoms with Crippen LogP contribution in [-0.2, 0) is 4.79 Å². The zero-order chi connectivity index (χ0) is 15.2. The molecule has 1 heterocycles. The molecule has 21 heavy (non-hydrogen) atoms. The molecule has 0 bridgehead atoms. The van der Waals surface area contributed by atoms with E-state index in [1.807, 2.05) is 0 Å². The summed E-state index contributed by atoms with van der Waals surface area (Å²) in [7, 11) is 3.00. The summed E-state index contributed by atoms with van der Waals surface area (Å²) in [5.74, 6) is 1.39. The van der Waals surface area contributed by atoms with E-state index in [9.17, 15) is 4.79 Å². The lowest BCUT2D eigenvalue weighted by molar-refractivity contribution is -0.121. The molecule has 0 unspecified atom stereocenters. The molecular formula is C14H22N4O3. The summed E-state index contributed by atoms with van der Waals surface area (Å²) >= 11 is 0. The van der Waals surface area contributed by atoms with Crippen molar-refractivity contribution in [2.24, 2.45) is 17.6 Å². The molecule has 0 aromatic carbocycles. The molecule has 0 aliphatic heterocycles. The number of amides is 1. The van der Waals surface area contributed by atoms with Gasteiger partial charge >= 0.3 is 0 Å². The second-order valence-corrected chi connectivity index (χ2v) is 5.22. The molecule has 1 aromatic heterocycles. The first kappa shape index (κ1) is 15.5. The van der Waals surface area contributed by atoms with Gasteiger partial charge in [-0.1, -0.05) is 0 Å². The first-order chi connectivity index (χ1) is 10.2. The van der Waals surface area contributed by atoms with E-state index in [2.05, 4.69) is 15.3 Å². The monoisotopic (exact) mass is 294 g/mol. The average molecular weight is 294 g/mol. The van der Waals surface area contributed by atoms with Crippen molar-refractivity contribution in [2.45, 2.75) is 25.7 Å². The van der Waals surface area contributed by atoms with Gasteiger partial charge in [-0.15, -0.1) is 0 Å². The molecule has 3 N–H and O–H groups in total. The predicted molar refractivity (Wildman–Crippen MR) is 78.3 cm³/mol. The molecule has 1 aliphatic carbocycles. The molecule has 0 spiro atoms. The van der Waals surface area contributed by atoms with Gasteiger partial charge in [-0.2, -0.15) is 9.97 Å². The first-order valence-corrected chi connectivity index (χ1v) is 7.14. The van der Waals surface area contributed by atoms with Crippen LogP contribution in [0.15, 0.2) is 6.07 Å². The Morgan fingerprint density at radius 1 is 1.24 bits per heavy atom. The Kier molecular flexibility index (Phi) is 5.32. The van der Waals surface area contributed by atoms with E-state index in [-0.39, 0.29) is 17.8 Å². The van der Waals surface area contributed by atoms with Gasteiger partial charge in [0, 0.05) is 5.92 Å². The minimum atomic E-state index is -0.0548. The molecule has 1 saturated carbocycles. The van der Waals surface area contributed by atoms with Crippen molar-refractivity contribution in [3.05, 3.63) is 6.07 Å². The van der Waals surface area contributed by atoms with E-state index in [0.29, 0.717) is 24.2 Å². The van der Waals surface area contributed by atoms with Crippen molar-refractivity contribution in [3.8, 4) is 11.8 Å². The van der Waals surface area contributed by atoms with Gasteiger partial charge in [-0.3, -0.25) is 10.1 Å². The molecule has 116 valence electrons. The van der Waals surface area contributed by atoms with Gasteiger partial charge in [0.2, 0.25) is 23.6 Å². The molecule has 0 saturated heterocycles. The number of anilines is 1. The fourth-order valence-corrected chi connectivity index (χ4v) is 2.54. The zero-order valence-corrected chi connectivity index (χ0v) is 12.5. The molecule has 1 amide bonds. The number of rotatable bonds is 5. The Balaban J connectivity index is 1.99. The van der Waals surface area contributed by atoms with Crippen LogP contribution in [-0.4, -0.2) is 36.6 Å². The van der Waals surface area contributed by atoms with Gasteiger partial charge in [-0.25, -0.2) is 0 Å². The highest BCUT2D eigenvalue weighted by atomic mass is 16.5. The van der Waals surface area contributed by atoms with Crippen LogP contribution >= 0.6 is 0 Å². The lowest BCUT2D eigenvalue weighted by Crippen LogP contribution is -2.30. The van der Waals surface area contributed by atoms with E-state index < -0.39 is 0 Å². The molecular weight excluding hydrogens is 272 g/mol. The minimum Gasteiger partial charge on any atom is -0.481 e. The Morgan fingerprint density at radius 3 is 2.29 bits per heavy atom. The van der Waals surface area contributed by atoms with E-state index in [1.54, 1.807) is 6.07 Å². The topological polar surface area (TPSA) is 99.4 Å². The molecule has 1 aliphatic rings. The smallest absolute Gasteiger partial charge is 0.236 e. The van der Waals surface area contributed by atoms with Crippen molar-refractivity contribution in [1.29, 1.82) is 0 Å². The van der Waals surface area contributed by atoms with Crippen LogP contribution in [0.5, 0.6) is 11.8 Å². The molecule has 0 atom stereocenters. The lowest BCUT2D eigenvalue weighted by Gasteiger charge is -2.26. The maximum absolute atomic E-state index is 12.3. The number of methoxy groups -OCH3 is 2. The summed E-state index contributed by atoms with van der Waals surface area (Å²) in [5.41, 5.74) is 5.66. The van der Waals surface area contributed by atoms with Crippen molar-refractivity contribution in [1.82, 2.24) is 9.97 Å². The summed E-state index contributed by atoms with van der Waals surface area (Å²) in [4.78, 5) is 20.5. The number of hydrogen-bond donors (Lipinski definition) is 2. The van der Waals surface area contributed by atoms with Crippen LogP contribution in [0.4, 0.5) is 5.95 Å². The fraction of sp³-hybridized carbons (Fsp3) is 0.643. The molecule has 1 fully saturated rings. The van der Waals surface area contributed by atoms with Crippen LogP contribution in [0.25, 0.3) is 0 Å². The summed E-state index contributed by atoms with van der Waals surface area (Å²) in [6, 6.07) is 1.56. The van der Waals surface area contributed by atoms with Crippen molar-refractivity contribution >= 4 is 11.9 Å². The third-order valence-electron chi connectivity index (χ3n) is 3.88. The second-order valence-electron chi connectivity index (χ2n) is 5.22. The normalized spacial score (nSPS) is 21.7. The molecule has 7 nitrogen and oxygen atoms in total. The van der Waals surface area contributed by atoms with Crippen molar-refractivity contribution < 1.29 is 14.3 Å². The van der Waals surface area contributed by atoms with Crippen LogP contribution < -0.4 is 20.5 Å². The number of nitrogens with two attached hydrogens (primary N) is 1. The SMILES string of the molecule is COc1cc(OC)nc(NC(=O)C2CCC(CN)CC2)n1.